The Kier molecular flexibility index (Phi) is 6.61. The molecule has 0 spiro atoms. The first-order valence-electron chi connectivity index (χ1n) is 6.03. The highest BCUT2D eigenvalue weighted by molar-refractivity contribution is 9.09. The van der Waals surface area contributed by atoms with Crippen LogP contribution in [-0.4, -0.2) is 17.3 Å². The third-order valence-electron chi connectivity index (χ3n) is 3.29. The first kappa shape index (κ1) is 16.0. The van der Waals surface area contributed by atoms with Crippen LogP contribution in [0.25, 0.3) is 0 Å². The minimum Gasteiger partial charge on any atom is -0.352 e. The van der Waals surface area contributed by atoms with Gasteiger partial charge in [-0.1, -0.05) is 57.5 Å². The van der Waals surface area contributed by atoms with Crippen molar-refractivity contribution in [3.63, 3.8) is 0 Å². The first-order chi connectivity index (χ1) is 7.18. The van der Waals surface area contributed by atoms with Crippen LogP contribution in [0.5, 0.6) is 0 Å². The largest absolute Gasteiger partial charge is 0.352 e. The van der Waals surface area contributed by atoms with Crippen LogP contribution in [0, 0.1) is 17.3 Å². The molecule has 0 aliphatic rings. The summed E-state index contributed by atoms with van der Waals surface area (Å²) in [6.07, 6.45) is 0.611. The molecule has 0 radical (unpaired) electrons. The van der Waals surface area contributed by atoms with Crippen LogP contribution in [0.2, 0.25) is 0 Å². The molecule has 0 bridgehead atoms. The lowest BCUT2D eigenvalue weighted by Crippen LogP contribution is -2.41. The third-order valence-corrected chi connectivity index (χ3v) is 3.98. The van der Waals surface area contributed by atoms with Crippen LogP contribution in [0.15, 0.2) is 0 Å². The predicted octanol–water partition coefficient (Wildman–Crippen LogP) is 3.59. The summed E-state index contributed by atoms with van der Waals surface area (Å²) < 4.78 is 0. The van der Waals surface area contributed by atoms with E-state index in [0.29, 0.717) is 18.3 Å². The fourth-order valence-electron chi connectivity index (χ4n) is 1.23. The molecule has 2 nitrogen and oxygen atoms in total. The van der Waals surface area contributed by atoms with Crippen LogP contribution in [-0.2, 0) is 4.79 Å². The van der Waals surface area contributed by atoms with Gasteiger partial charge in [-0.25, -0.2) is 0 Å². The average molecular weight is 292 g/mol. The van der Waals surface area contributed by atoms with Crippen molar-refractivity contribution in [2.75, 3.05) is 5.33 Å². The number of nitrogens with one attached hydrogen (secondary N) is 1. The molecule has 0 aliphatic carbocycles. The number of hydrogen-bond donors (Lipinski definition) is 1. The van der Waals surface area contributed by atoms with E-state index in [2.05, 4.69) is 62.8 Å². The second kappa shape index (κ2) is 6.63. The van der Waals surface area contributed by atoms with Crippen LogP contribution in [0.1, 0.15) is 48.0 Å². The van der Waals surface area contributed by atoms with Crippen molar-refractivity contribution in [3.8, 4) is 0 Å². The van der Waals surface area contributed by atoms with Crippen LogP contribution in [0.4, 0.5) is 0 Å². The van der Waals surface area contributed by atoms with Crippen LogP contribution >= 0.6 is 15.9 Å². The number of hydrogen-bond acceptors (Lipinski definition) is 1. The number of halogens is 1. The Morgan fingerprint density at radius 1 is 1.25 bits per heavy atom. The number of alkyl halides is 1. The smallest absolute Gasteiger partial charge is 0.220 e. The Bertz CT molecular complexity index is 214. The fourth-order valence-corrected chi connectivity index (χ4v) is 2.14. The summed E-state index contributed by atoms with van der Waals surface area (Å²) in [6.45, 7) is 12.9. The van der Waals surface area contributed by atoms with Crippen molar-refractivity contribution in [3.05, 3.63) is 0 Å². The summed E-state index contributed by atoms with van der Waals surface area (Å²) in [7, 11) is 0. The monoisotopic (exact) mass is 291 g/mol. The van der Waals surface area contributed by atoms with Crippen molar-refractivity contribution in [1.29, 1.82) is 0 Å². The molecular weight excluding hydrogens is 266 g/mol. The average Bonchev–Trinajstić information content (AvgIpc) is 2.11. The van der Waals surface area contributed by atoms with Gasteiger partial charge in [-0.15, -0.1) is 0 Å². The molecule has 96 valence electrons. The van der Waals surface area contributed by atoms with Gasteiger partial charge in [0, 0.05) is 17.8 Å². The van der Waals surface area contributed by atoms with Gasteiger partial charge in [0.25, 0.3) is 0 Å². The van der Waals surface area contributed by atoms with Gasteiger partial charge in [-0.2, -0.15) is 0 Å². The van der Waals surface area contributed by atoms with E-state index in [1.54, 1.807) is 0 Å². The highest BCUT2D eigenvalue weighted by Crippen LogP contribution is 2.27. The normalized spacial score (nSPS) is 16.0. The maximum absolute atomic E-state index is 11.8. The summed E-state index contributed by atoms with van der Waals surface area (Å²) in [4.78, 5) is 11.8. The van der Waals surface area contributed by atoms with Crippen LogP contribution in [0.3, 0.4) is 0 Å². The molecule has 0 rings (SSSR count). The number of carbonyl (C=O) groups excluding carboxylic acids is 1. The van der Waals surface area contributed by atoms with E-state index in [4.69, 9.17) is 0 Å². The van der Waals surface area contributed by atoms with E-state index < -0.39 is 0 Å². The van der Waals surface area contributed by atoms with Crippen molar-refractivity contribution in [2.45, 2.75) is 54.0 Å². The highest BCUT2D eigenvalue weighted by atomic mass is 79.9. The molecule has 1 amide bonds. The Hall–Kier alpha value is -0.0500. The van der Waals surface area contributed by atoms with Crippen molar-refractivity contribution in [1.82, 2.24) is 5.32 Å². The predicted molar refractivity (Wildman–Crippen MR) is 73.8 cm³/mol. The molecule has 3 heteroatoms. The van der Waals surface area contributed by atoms with Gasteiger partial charge < -0.3 is 5.32 Å². The first-order valence-corrected chi connectivity index (χ1v) is 7.16. The molecule has 16 heavy (non-hydrogen) atoms. The lowest BCUT2D eigenvalue weighted by molar-refractivity contribution is -0.123. The zero-order valence-electron chi connectivity index (χ0n) is 11.4. The van der Waals surface area contributed by atoms with E-state index in [0.717, 1.165) is 5.33 Å². The standard InChI is InChI=1S/C13H26BrNO/c1-9(2)11(8-14)15-12(16)7-10(3)13(4,5)6/h9-11H,7-8H2,1-6H3,(H,15,16). The minimum absolute atomic E-state index is 0.167. The summed E-state index contributed by atoms with van der Waals surface area (Å²) >= 11 is 3.44. The van der Waals surface area contributed by atoms with Crippen molar-refractivity contribution in [2.24, 2.45) is 17.3 Å². The maximum Gasteiger partial charge on any atom is 0.220 e. The number of amides is 1. The second-order valence-electron chi connectivity index (χ2n) is 6.04. The van der Waals surface area contributed by atoms with E-state index in [-0.39, 0.29) is 17.4 Å². The summed E-state index contributed by atoms with van der Waals surface area (Å²) in [5.74, 6) is 1.03. The van der Waals surface area contributed by atoms with E-state index in [9.17, 15) is 4.79 Å². The van der Waals surface area contributed by atoms with Crippen molar-refractivity contribution >= 4 is 21.8 Å². The van der Waals surface area contributed by atoms with E-state index in [1.165, 1.54) is 0 Å². The Balaban J connectivity index is 4.18. The Morgan fingerprint density at radius 3 is 2.06 bits per heavy atom. The third kappa shape index (κ3) is 5.88. The van der Waals surface area contributed by atoms with E-state index >= 15 is 0 Å². The molecule has 0 aromatic rings. The minimum atomic E-state index is 0.167. The molecule has 0 aromatic carbocycles. The van der Waals surface area contributed by atoms with Gasteiger partial charge in [-0.3, -0.25) is 4.79 Å². The fraction of sp³-hybridized carbons (Fsp3) is 0.923. The lowest BCUT2D eigenvalue weighted by Gasteiger charge is -2.28. The molecule has 0 saturated carbocycles. The van der Waals surface area contributed by atoms with Gasteiger partial charge in [0.1, 0.15) is 0 Å². The Labute approximate surface area is 109 Å². The molecule has 0 saturated heterocycles. The zero-order valence-corrected chi connectivity index (χ0v) is 13.0. The number of carbonyl (C=O) groups is 1. The summed E-state index contributed by atoms with van der Waals surface area (Å²) in [5.41, 5.74) is 0.194. The van der Waals surface area contributed by atoms with Gasteiger partial charge >= 0.3 is 0 Å². The SMILES string of the molecule is CC(C)C(CBr)NC(=O)CC(C)C(C)(C)C. The molecule has 0 aliphatic heterocycles. The second-order valence-corrected chi connectivity index (χ2v) is 6.69. The van der Waals surface area contributed by atoms with Gasteiger partial charge in [-0.05, 0) is 17.3 Å². The maximum atomic E-state index is 11.8. The molecule has 0 fully saturated rings. The van der Waals surface area contributed by atoms with Crippen molar-refractivity contribution < 1.29 is 4.79 Å². The quantitative estimate of drug-likeness (QED) is 0.771. The molecule has 0 heterocycles. The Morgan fingerprint density at radius 2 is 1.75 bits per heavy atom. The highest BCUT2D eigenvalue weighted by Gasteiger charge is 2.24. The van der Waals surface area contributed by atoms with Gasteiger partial charge in [0.05, 0.1) is 0 Å². The topological polar surface area (TPSA) is 29.1 Å². The molecular formula is C13H26BrNO. The molecule has 0 aromatic heterocycles. The van der Waals surface area contributed by atoms with Crippen LogP contribution < -0.4 is 5.32 Å². The van der Waals surface area contributed by atoms with E-state index in [1.807, 2.05) is 0 Å². The number of rotatable bonds is 5. The summed E-state index contributed by atoms with van der Waals surface area (Å²) in [6, 6.07) is 0.236. The summed E-state index contributed by atoms with van der Waals surface area (Å²) in [5, 5.41) is 3.90. The lowest BCUT2D eigenvalue weighted by atomic mass is 9.80. The molecule has 2 atom stereocenters. The van der Waals surface area contributed by atoms with Gasteiger partial charge in [0.2, 0.25) is 5.91 Å². The molecule has 1 N–H and O–H groups in total. The molecule has 2 unspecified atom stereocenters. The zero-order chi connectivity index (χ0) is 12.9. The van der Waals surface area contributed by atoms with Gasteiger partial charge in [0.15, 0.2) is 0 Å².